The van der Waals surface area contributed by atoms with Gasteiger partial charge in [-0.2, -0.15) is 0 Å². The summed E-state index contributed by atoms with van der Waals surface area (Å²) in [5, 5.41) is 3.78. The molecule has 1 N–H and O–H groups in total. The van der Waals surface area contributed by atoms with Gasteiger partial charge in [-0.3, -0.25) is 4.79 Å². The predicted molar refractivity (Wildman–Crippen MR) is 91.3 cm³/mol. The highest BCUT2D eigenvalue weighted by atomic mass is 79.9. The summed E-state index contributed by atoms with van der Waals surface area (Å²) in [6.45, 7) is 0. The Bertz CT molecular complexity index is 692. The number of benzene rings is 2. The van der Waals surface area contributed by atoms with Crippen LogP contribution in [0, 0.1) is 0 Å². The highest BCUT2D eigenvalue weighted by molar-refractivity contribution is 9.10. The largest absolute Gasteiger partial charge is 0.321 e. The topological polar surface area (TPSA) is 29.1 Å². The van der Waals surface area contributed by atoms with E-state index in [1.165, 1.54) is 0 Å². The molecule has 0 atom stereocenters. The molecular weight excluding hydrogens is 452 g/mol. The zero-order valence-electron chi connectivity index (χ0n) is 9.68. The molecule has 0 fully saturated rings. The lowest BCUT2D eigenvalue weighted by Gasteiger charge is -2.10. The number of hydrogen-bond donors (Lipinski definition) is 1. The molecule has 0 saturated heterocycles. The van der Waals surface area contributed by atoms with E-state index in [1.54, 1.807) is 30.3 Å². The Balaban J connectivity index is 2.33. The molecule has 2 nitrogen and oxygen atoms in total. The first-order chi connectivity index (χ1) is 9.40. The number of anilines is 1. The zero-order valence-corrected chi connectivity index (χ0v) is 15.1. The highest BCUT2D eigenvalue weighted by Gasteiger charge is 2.14. The summed E-state index contributed by atoms with van der Waals surface area (Å²) in [5.41, 5.74) is 0.837. The fraction of sp³-hybridized carbons (Fsp3) is 0. The Kier molecular flexibility index (Phi) is 5.37. The Morgan fingerprint density at radius 1 is 0.950 bits per heavy atom. The van der Waals surface area contributed by atoms with Crippen molar-refractivity contribution < 1.29 is 4.79 Å². The number of hydrogen-bond acceptors (Lipinski definition) is 1. The van der Waals surface area contributed by atoms with Gasteiger partial charge in [-0.25, -0.2) is 0 Å². The van der Waals surface area contributed by atoms with Crippen LogP contribution in [-0.2, 0) is 0 Å². The number of halogens is 5. The van der Waals surface area contributed by atoms with Crippen LogP contribution in [0.25, 0.3) is 0 Å². The summed E-state index contributed by atoms with van der Waals surface area (Å²) < 4.78 is 1.30. The minimum atomic E-state index is -0.334. The first-order valence-electron chi connectivity index (χ1n) is 5.30. The van der Waals surface area contributed by atoms with Crippen molar-refractivity contribution in [1.29, 1.82) is 0 Å². The van der Waals surface area contributed by atoms with Crippen molar-refractivity contribution in [2.45, 2.75) is 0 Å². The van der Waals surface area contributed by atoms with Crippen LogP contribution in [0.5, 0.6) is 0 Å². The van der Waals surface area contributed by atoms with E-state index < -0.39 is 0 Å². The van der Waals surface area contributed by atoms with Gasteiger partial charge in [0.15, 0.2) is 0 Å². The van der Waals surface area contributed by atoms with Crippen molar-refractivity contribution in [3.8, 4) is 0 Å². The third-order valence-electron chi connectivity index (χ3n) is 2.46. The monoisotopic (exact) mass is 455 g/mol. The van der Waals surface area contributed by atoms with Gasteiger partial charge in [0.2, 0.25) is 0 Å². The van der Waals surface area contributed by atoms with Crippen LogP contribution in [-0.4, -0.2) is 5.91 Å². The van der Waals surface area contributed by atoms with E-state index in [4.69, 9.17) is 34.8 Å². The summed E-state index contributed by atoms with van der Waals surface area (Å²) in [6, 6.07) is 8.32. The van der Waals surface area contributed by atoms with Gasteiger partial charge in [0.25, 0.3) is 5.91 Å². The normalized spacial score (nSPS) is 10.4. The first kappa shape index (κ1) is 16.1. The molecule has 20 heavy (non-hydrogen) atoms. The molecule has 2 aromatic carbocycles. The summed E-state index contributed by atoms with van der Waals surface area (Å²) in [6.07, 6.45) is 0. The molecule has 2 rings (SSSR count). The van der Waals surface area contributed by atoms with Crippen molar-refractivity contribution in [3.63, 3.8) is 0 Å². The first-order valence-corrected chi connectivity index (χ1v) is 8.02. The highest BCUT2D eigenvalue weighted by Crippen LogP contribution is 2.36. The van der Waals surface area contributed by atoms with Crippen LogP contribution < -0.4 is 5.32 Å². The van der Waals surface area contributed by atoms with Gasteiger partial charge >= 0.3 is 0 Å². The minimum absolute atomic E-state index is 0.271. The van der Waals surface area contributed by atoms with Crippen molar-refractivity contribution in [2.75, 3.05) is 5.32 Å². The number of nitrogens with one attached hydrogen (secondary N) is 1. The van der Waals surface area contributed by atoms with Crippen molar-refractivity contribution in [1.82, 2.24) is 0 Å². The summed E-state index contributed by atoms with van der Waals surface area (Å²) >= 11 is 24.5. The summed E-state index contributed by atoms with van der Waals surface area (Å²) in [4.78, 5) is 12.2. The molecule has 2 aromatic rings. The van der Waals surface area contributed by atoms with E-state index in [-0.39, 0.29) is 10.9 Å². The molecule has 0 unspecified atom stereocenters. The number of amides is 1. The van der Waals surface area contributed by atoms with E-state index in [0.29, 0.717) is 30.2 Å². The van der Waals surface area contributed by atoms with E-state index in [0.717, 1.165) is 0 Å². The lowest BCUT2D eigenvalue weighted by Crippen LogP contribution is -2.13. The Labute approximate surface area is 147 Å². The van der Waals surface area contributed by atoms with Crippen molar-refractivity contribution >= 4 is 78.3 Å². The fourth-order valence-electron chi connectivity index (χ4n) is 1.48. The van der Waals surface area contributed by atoms with Gasteiger partial charge in [-0.1, -0.05) is 34.8 Å². The fourth-order valence-corrected chi connectivity index (χ4v) is 2.90. The molecule has 0 saturated carbocycles. The molecule has 1 amide bonds. The van der Waals surface area contributed by atoms with Gasteiger partial charge in [0, 0.05) is 14.0 Å². The lowest BCUT2D eigenvalue weighted by molar-refractivity contribution is 0.102. The molecule has 0 spiro atoms. The Hall–Kier alpha value is -0.260. The molecule has 0 aliphatic heterocycles. The van der Waals surface area contributed by atoms with Crippen molar-refractivity contribution in [3.05, 3.63) is 59.9 Å². The molecular formula is C13H6Br2Cl3NO. The van der Waals surface area contributed by atoms with E-state index in [9.17, 15) is 4.79 Å². The third-order valence-corrected chi connectivity index (χ3v) is 5.15. The van der Waals surface area contributed by atoms with Gasteiger partial charge < -0.3 is 5.32 Å². The van der Waals surface area contributed by atoms with Crippen LogP contribution in [0.4, 0.5) is 5.69 Å². The zero-order chi connectivity index (χ0) is 14.9. The standard InChI is InChI=1S/C13H6Br2Cl3NO/c14-8-2-1-6(16)5-7(8)13(20)19-10-4-3-9(15)11(17)12(10)18/h1-5H,(H,19,20). The second kappa shape index (κ2) is 6.67. The molecule has 0 bridgehead atoms. The van der Waals surface area contributed by atoms with Crippen LogP contribution in [0.1, 0.15) is 10.4 Å². The van der Waals surface area contributed by atoms with Gasteiger partial charge in [0.1, 0.15) is 0 Å². The average molecular weight is 458 g/mol. The van der Waals surface area contributed by atoms with Gasteiger partial charge in [0.05, 0.1) is 21.3 Å². The minimum Gasteiger partial charge on any atom is -0.321 e. The van der Waals surface area contributed by atoms with Crippen LogP contribution in [0.3, 0.4) is 0 Å². The van der Waals surface area contributed by atoms with Crippen molar-refractivity contribution in [2.24, 2.45) is 0 Å². The van der Waals surface area contributed by atoms with Crippen LogP contribution in [0.15, 0.2) is 39.3 Å². The number of carbonyl (C=O) groups excluding carboxylic acids is 1. The lowest BCUT2D eigenvalue weighted by atomic mass is 10.2. The number of rotatable bonds is 2. The quantitative estimate of drug-likeness (QED) is 0.517. The van der Waals surface area contributed by atoms with E-state index >= 15 is 0 Å². The second-order valence-electron chi connectivity index (χ2n) is 3.80. The van der Waals surface area contributed by atoms with E-state index in [2.05, 4.69) is 37.2 Å². The summed E-state index contributed by atoms with van der Waals surface area (Å²) in [5.74, 6) is -0.334. The predicted octanol–water partition coefficient (Wildman–Crippen LogP) is 6.42. The average Bonchev–Trinajstić information content (AvgIpc) is 2.42. The summed E-state index contributed by atoms with van der Waals surface area (Å²) in [7, 11) is 0. The Morgan fingerprint density at radius 3 is 2.30 bits per heavy atom. The smallest absolute Gasteiger partial charge is 0.256 e. The molecule has 0 aliphatic carbocycles. The molecule has 0 aromatic heterocycles. The maximum atomic E-state index is 12.2. The maximum absolute atomic E-state index is 12.2. The maximum Gasteiger partial charge on any atom is 0.256 e. The molecule has 104 valence electrons. The van der Waals surface area contributed by atoms with Gasteiger partial charge in [-0.15, -0.1) is 0 Å². The Morgan fingerprint density at radius 2 is 1.60 bits per heavy atom. The van der Waals surface area contributed by atoms with Crippen LogP contribution in [0.2, 0.25) is 15.1 Å². The SMILES string of the molecule is O=C(Nc1ccc(Br)c(Cl)c1Cl)c1cc(Cl)ccc1Br. The van der Waals surface area contributed by atoms with Crippen LogP contribution >= 0.6 is 66.7 Å². The molecule has 0 aliphatic rings. The number of carbonyl (C=O) groups is 1. The molecule has 0 radical (unpaired) electrons. The molecule has 7 heteroatoms. The molecule has 0 heterocycles. The second-order valence-corrected chi connectivity index (χ2v) is 6.70. The van der Waals surface area contributed by atoms with Gasteiger partial charge in [-0.05, 0) is 62.2 Å². The third kappa shape index (κ3) is 3.49. The van der Waals surface area contributed by atoms with E-state index in [1.807, 2.05) is 0 Å².